The molecule has 0 spiro atoms. The number of fused-ring (bicyclic) bond motifs is 1. The van der Waals surface area contributed by atoms with Gasteiger partial charge in [-0.25, -0.2) is 0 Å². The van der Waals surface area contributed by atoms with E-state index in [1.807, 2.05) is 6.07 Å². The van der Waals surface area contributed by atoms with Crippen LogP contribution in [0.4, 0.5) is 0 Å². The summed E-state index contributed by atoms with van der Waals surface area (Å²) in [5.41, 5.74) is 1.31. The molecule has 1 aliphatic heterocycles. The van der Waals surface area contributed by atoms with Gasteiger partial charge in [0.05, 0.1) is 0 Å². The molecular weight excluding hydrogens is 200 g/mol. The molecule has 0 N–H and O–H groups in total. The molecule has 2 rings (SSSR count). The maximum Gasteiger partial charge on any atom is 0.161 e. The first-order chi connectivity index (χ1) is 7.81. The summed E-state index contributed by atoms with van der Waals surface area (Å²) < 4.78 is 11.1. The summed E-state index contributed by atoms with van der Waals surface area (Å²) in [6, 6.07) is 6.24. The molecule has 1 atom stereocenters. The maximum atomic E-state index is 5.58. The van der Waals surface area contributed by atoms with Gasteiger partial charge in [-0.05, 0) is 37.0 Å². The second-order valence-electron chi connectivity index (χ2n) is 4.11. The topological polar surface area (TPSA) is 18.5 Å². The quantitative estimate of drug-likeness (QED) is 0.722. The molecule has 1 aromatic rings. The van der Waals surface area contributed by atoms with Crippen molar-refractivity contribution in [2.75, 3.05) is 13.2 Å². The zero-order chi connectivity index (χ0) is 11.4. The lowest BCUT2D eigenvalue weighted by Crippen LogP contribution is -2.15. The van der Waals surface area contributed by atoms with Crippen LogP contribution in [0.25, 0.3) is 0 Å². The van der Waals surface area contributed by atoms with Crippen LogP contribution >= 0.6 is 0 Å². The van der Waals surface area contributed by atoms with Crippen LogP contribution in [0.15, 0.2) is 30.4 Å². The number of allylic oxidation sites excluding steroid dienone is 2. The first-order valence-electron chi connectivity index (χ1n) is 5.82. The van der Waals surface area contributed by atoms with Crippen molar-refractivity contribution in [3.63, 3.8) is 0 Å². The van der Waals surface area contributed by atoms with Gasteiger partial charge < -0.3 is 9.47 Å². The molecule has 0 aromatic heterocycles. The Hall–Kier alpha value is -1.44. The smallest absolute Gasteiger partial charge is 0.161 e. The third-order valence-corrected chi connectivity index (χ3v) is 2.86. The predicted octanol–water partition coefficient (Wildman–Crippen LogP) is 3.53. The highest BCUT2D eigenvalue weighted by Gasteiger charge is 2.13. The first kappa shape index (κ1) is 11.1. The van der Waals surface area contributed by atoms with Gasteiger partial charge in [0, 0.05) is 0 Å². The second kappa shape index (κ2) is 5.06. The molecule has 16 heavy (non-hydrogen) atoms. The van der Waals surface area contributed by atoms with Crippen molar-refractivity contribution in [1.82, 2.24) is 0 Å². The number of hydrogen-bond donors (Lipinski definition) is 0. The summed E-state index contributed by atoms with van der Waals surface area (Å²) >= 11 is 0. The summed E-state index contributed by atoms with van der Waals surface area (Å²) in [6.07, 6.45) is 5.35. The highest BCUT2D eigenvalue weighted by atomic mass is 16.6. The van der Waals surface area contributed by atoms with Crippen LogP contribution in [0.2, 0.25) is 0 Å². The minimum Gasteiger partial charge on any atom is -0.486 e. The summed E-state index contributed by atoms with van der Waals surface area (Å²) in [5, 5.41) is 0. The minimum absolute atomic E-state index is 0.520. The predicted molar refractivity (Wildman–Crippen MR) is 65.3 cm³/mol. The van der Waals surface area contributed by atoms with E-state index in [1.165, 1.54) is 5.56 Å². The van der Waals surface area contributed by atoms with E-state index in [4.69, 9.17) is 9.47 Å². The Morgan fingerprint density at radius 3 is 2.75 bits per heavy atom. The fourth-order valence-electron chi connectivity index (χ4n) is 1.84. The minimum atomic E-state index is 0.520. The number of rotatable bonds is 3. The van der Waals surface area contributed by atoms with E-state index in [-0.39, 0.29) is 0 Å². The average molecular weight is 218 g/mol. The summed E-state index contributed by atoms with van der Waals surface area (Å²) in [6.45, 7) is 5.59. The lowest BCUT2D eigenvalue weighted by molar-refractivity contribution is 0.171. The van der Waals surface area contributed by atoms with Crippen molar-refractivity contribution in [3.05, 3.63) is 35.9 Å². The molecule has 0 bridgehead atoms. The van der Waals surface area contributed by atoms with E-state index in [9.17, 15) is 0 Å². The molecule has 1 aromatic carbocycles. The fourth-order valence-corrected chi connectivity index (χ4v) is 1.84. The van der Waals surface area contributed by atoms with E-state index < -0.39 is 0 Å². The Balaban J connectivity index is 2.16. The number of hydrogen-bond acceptors (Lipinski definition) is 2. The third-order valence-electron chi connectivity index (χ3n) is 2.86. The molecule has 0 saturated carbocycles. The van der Waals surface area contributed by atoms with Gasteiger partial charge in [0.15, 0.2) is 11.5 Å². The van der Waals surface area contributed by atoms with Crippen LogP contribution in [0.5, 0.6) is 11.5 Å². The highest BCUT2D eigenvalue weighted by Crippen LogP contribution is 2.33. The lowest BCUT2D eigenvalue weighted by atomic mass is 9.97. The fraction of sp³-hybridized carbons (Fsp3) is 0.429. The maximum absolute atomic E-state index is 5.58. The third kappa shape index (κ3) is 2.38. The van der Waals surface area contributed by atoms with Crippen molar-refractivity contribution in [2.45, 2.75) is 26.2 Å². The van der Waals surface area contributed by atoms with E-state index in [1.54, 1.807) is 0 Å². The van der Waals surface area contributed by atoms with Gasteiger partial charge in [-0.2, -0.15) is 0 Å². The first-order valence-corrected chi connectivity index (χ1v) is 5.82. The van der Waals surface area contributed by atoms with Crippen LogP contribution in [-0.4, -0.2) is 13.2 Å². The molecule has 1 unspecified atom stereocenters. The Labute approximate surface area is 96.9 Å². The van der Waals surface area contributed by atoms with Crippen LogP contribution in [0.3, 0.4) is 0 Å². The van der Waals surface area contributed by atoms with Crippen LogP contribution in [0, 0.1) is 0 Å². The molecule has 1 aliphatic rings. The normalized spacial score (nSPS) is 16.4. The standard InChI is InChI=1S/C14H18O2/c1-3-4-5-11(2)12-6-7-13-14(10-12)16-9-8-15-13/h3-4,6-7,10-11H,5,8-9H2,1-2H3/b4-3-. The molecule has 0 radical (unpaired) electrons. The van der Waals surface area contributed by atoms with E-state index >= 15 is 0 Å². The van der Waals surface area contributed by atoms with E-state index in [0.29, 0.717) is 19.1 Å². The van der Waals surface area contributed by atoms with Gasteiger partial charge >= 0.3 is 0 Å². The zero-order valence-corrected chi connectivity index (χ0v) is 9.90. The van der Waals surface area contributed by atoms with Crippen molar-refractivity contribution < 1.29 is 9.47 Å². The van der Waals surface area contributed by atoms with Crippen LogP contribution in [-0.2, 0) is 0 Å². The number of ether oxygens (including phenoxy) is 2. The van der Waals surface area contributed by atoms with Crippen molar-refractivity contribution in [2.24, 2.45) is 0 Å². The summed E-state index contributed by atoms with van der Waals surface area (Å²) in [4.78, 5) is 0. The molecule has 1 heterocycles. The Morgan fingerprint density at radius 2 is 2.00 bits per heavy atom. The van der Waals surface area contributed by atoms with Gasteiger partial charge in [0.2, 0.25) is 0 Å². The summed E-state index contributed by atoms with van der Waals surface area (Å²) in [5.74, 6) is 2.27. The molecule has 0 fully saturated rings. The molecule has 0 amide bonds. The van der Waals surface area contributed by atoms with Gasteiger partial charge in [-0.1, -0.05) is 25.1 Å². The molecule has 2 nitrogen and oxygen atoms in total. The molecule has 0 aliphatic carbocycles. The van der Waals surface area contributed by atoms with Crippen LogP contribution in [0.1, 0.15) is 31.7 Å². The number of benzene rings is 1. The van der Waals surface area contributed by atoms with Gasteiger partial charge in [0.1, 0.15) is 13.2 Å². The van der Waals surface area contributed by atoms with Crippen LogP contribution < -0.4 is 9.47 Å². The lowest BCUT2D eigenvalue weighted by Gasteiger charge is -2.20. The monoisotopic (exact) mass is 218 g/mol. The van der Waals surface area contributed by atoms with Crippen molar-refractivity contribution in [3.8, 4) is 11.5 Å². The molecular formula is C14H18O2. The van der Waals surface area contributed by atoms with Gasteiger partial charge in [-0.15, -0.1) is 0 Å². The van der Waals surface area contributed by atoms with E-state index in [0.717, 1.165) is 17.9 Å². The molecule has 86 valence electrons. The van der Waals surface area contributed by atoms with Gasteiger partial charge in [0.25, 0.3) is 0 Å². The highest BCUT2D eigenvalue weighted by molar-refractivity contribution is 5.44. The Morgan fingerprint density at radius 1 is 1.25 bits per heavy atom. The molecule has 0 saturated heterocycles. The largest absolute Gasteiger partial charge is 0.486 e. The Bertz CT molecular complexity index is 382. The van der Waals surface area contributed by atoms with Crippen molar-refractivity contribution in [1.29, 1.82) is 0 Å². The second-order valence-corrected chi connectivity index (χ2v) is 4.11. The zero-order valence-electron chi connectivity index (χ0n) is 9.90. The molecule has 2 heteroatoms. The average Bonchev–Trinajstić information content (AvgIpc) is 2.35. The van der Waals surface area contributed by atoms with Crippen molar-refractivity contribution >= 4 is 0 Å². The SMILES string of the molecule is C/C=C\CC(C)c1ccc2c(c1)OCCO2. The summed E-state index contributed by atoms with van der Waals surface area (Å²) in [7, 11) is 0. The Kier molecular flexibility index (Phi) is 3.50. The van der Waals surface area contributed by atoms with Gasteiger partial charge in [-0.3, -0.25) is 0 Å². The van der Waals surface area contributed by atoms with E-state index in [2.05, 4.69) is 38.1 Å².